The molecule has 1 amide bonds. The normalized spacial score (nSPS) is 11.8. The van der Waals surface area contributed by atoms with E-state index in [0.29, 0.717) is 17.0 Å². The molecule has 0 fully saturated rings. The van der Waals surface area contributed by atoms with Crippen LogP contribution in [0.3, 0.4) is 0 Å². The molecule has 140 valence electrons. The van der Waals surface area contributed by atoms with Crippen molar-refractivity contribution < 1.29 is 14.3 Å². The number of halogens is 1. The summed E-state index contributed by atoms with van der Waals surface area (Å²) in [6.07, 6.45) is 0. The number of fused-ring (bicyclic) bond motifs is 1. The average Bonchev–Trinajstić information content (AvgIpc) is 2.92. The van der Waals surface area contributed by atoms with Gasteiger partial charge in [0.1, 0.15) is 6.54 Å². The Hall–Kier alpha value is -2.25. The summed E-state index contributed by atoms with van der Waals surface area (Å²) in [5, 5.41) is 0. The number of nitrogens with zero attached hydrogens (tertiary/aromatic N) is 2. The second-order valence-corrected chi connectivity index (χ2v) is 8.06. The SMILES string of the molecule is CCOC(=O)Cn1c(=NC(=O)c2cccc(Br)c2)sc2cc(C)cc(C)c21. The average molecular weight is 447 g/mol. The third-order valence-corrected chi connectivity index (χ3v) is 5.49. The fraction of sp³-hybridized carbons (Fsp3) is 0.250. The van der Waals surface area contributed by atoms with Crippen molar-refractivity contribution >= 4 is 49.4 Å². The van der Waals surface area contributed by atoms with Gasteiger partial charge in [0.05, 0.1) is 16.8 Å². The molecule has 5 nitrogen and oxygen atoms in total. The van der Waals surface area contributed by atoms with Crippen molar-refractivity contribution in [2.75, 3.05) is 6.61 Å². The van der Waals surface area contributed by atoms with Gasteiger partial charge in [-0.05, 0) is 56.2 Å². The van der Waals surface area contributed by atoms with Crippen LogP contribution in [-0.4, -0.2) is 23.1 Å². The maximum absolute atomic E-state index is 12.6. The fourth-order valence-corrected chi connectivity index (χ4v) is 4.54. The van der Waals surface area contributed by atoms with Crippen LogP contribution in [0.1, 0.15) is 28.4 Å². The van der Waals surface area contributed by atoms with E-state index in [1.807, 2.05) is 26.0 Å². The van der Waals surface area contributed by atoms with Crippen LogP contribution in [0.4, 0.5) is 0 Å². The number of esters is 1. The Balaban J connectivity index is 2.17. The van der Waals surface area contributed by atoms with E-state index in [9.17, 15) is 9.59 Å². The first-order chi connectivity index (χ1) is 12.9. The smallest absolute Gasteiger partial charge is 0.326 e. The predicted molar refractivity (Wildman–Crippen MR) is 110 cm³/mol. The summed E-state index contributed by atoms with van der Waals surface area (Å²) < 4.78 is 8.66. The summed E-state index contributed by atoms with van der Waals surface area (Å²) in [5.74, 6) is -0.705. The summed E-state index contributed by atoms with van der Waals surface area (Å²) in [6.45, 7) is 6.10. The van der Waals surface area contributed by atoms with Crippen molar-refractivity contribution in [3.63, 3.8) is 0 Å². The van der Waals surface area contributed by atoms with E-state index in [2.05, 4.69) is 27.0 Å². The quantitative estimate of drug-likeness (QED) is 0.558. The molecule has 0 aliphatic carbocycles. The Morgan fingerprint density at radius 1 is 1.22 bits per heavy atom. The number of rotatable bonds is 4. The molecule has 0 atom stereocenters. The van der Waals surface area contributed by atoms with Crippen LogP contribution in [-0.2, 0) is 16.1 Å². The lowest BCUT2D eigenvalue weighted by Gasteiger charge is -2.07. The van der Waals surface area contributed by atoms with E-state index in [1.54, 1.807) is 29.7 Å². The Morgan fingerprint density at radius 3 is 2.70 bits per heavy atom. The number of carbonyl (C=O) groups is 2. The first kappa shape index (κ1) is 19.5. The summed E-state index contributed by atoms with van der Waals surface area (Å²) in [7, 11) is 0. The van der Waals surface area contributed by atoms with Gasteiger partial charge in [-0.2, -0.15) is 4.99 Å². The van der Waals surface area contributed by atoms with Gasteiger partial charge in [-0.1, -0.05) is 39.4 Å². The molecule has 0 N–H and O–H groups in total. The van der Waals surface area contributed by atoms with E-state index in [1.165, 1.54) is 11.3 Å². The van der Waals surface area contributed by atoms with E-state index < -0.39 is 0 Å². The number of amides is 1. The zero-order valence-electron chi connectivity index (χ0n) is 15.3. The predicted octanol–water partition coefficient (Wildman–Crippen LogP) is 4.39. The zero-order valence-corrected chi connectivity index (χ0v) is 17.7. The summed E-state index contributed by atoms with van der Waals surface area (Å²) in [6, 6.07) is 11.2. The van der Waals surface area contributed by atoms with Gasteiger partial charge in [-0.15, -0.1) is 0 Å². The van der Waals surface area contributed by atoms with Crippen molar-refractivity contribution in [3.05, 3.63) is 62.4 Å². The van der Waals surface area contributed by atoms with Gasteiger partial charge in [0, 0.05) is 10.0 Å². The number of thiazole rings is 1. The maximum atomic E-state index is 12.6. The fourth-order valence-electron chi connectivity index (χ4n) is 2.93. The minimum Gasteiger partial charge on any atom is -0.465 e. The molecule has 0 aliphatic heterocycles. The zero-order chi connectivity index (χ0) is 19.6. The molecule has 0 spiro atoms. The molecule has 0 saturated carbocycles. The van der Waals surface area contributed by atoms with Gasteiger partial charge in [0.25, 0.3) is 5.91 Å². The Kier molecular flexibility index (Phi) is 5.92. The number of benzene rings is 2. The highest BCUT2D eigenvalue weighted by atomic mass is 79.9. The molecule has 1 aromatic heterocycles. The van der Waals surface area contributed by atoms with Crippen LogP contribution in [0.2, 0.25) is 0 Å². The van der Waals surface area contributed by atoms with Crippen LogP contribution >= 0.6 is 27.3 Å². The lowest BCUT2D eigenvalue weighted by Crippen LogP contribution is -2.23. The van der Waals surface area contributed by atoms with Crippen LogP contribution in [0.5, 0.6) is 0 Å². The molecule has 0 aliphatic rings. The van der Waals surface area contributed by atoms with E-state index in [0.717, 1.165) is 25.8 Å². The van der Waals surface area contributed by atoms with Crippen molar-refractivity contribution in [2.24, 2.45) is 4.99 Å². The molecule has 0 saturated heterocycles. The van der Waals surface area contributed by atoms with E-state index in [-0.39, 0.29) is 18.4 Å². The molecule has 0 radical (unpaired) electrons. The monoisotopic (exact) mass is 446 g/mol. The Labute approximate surface area is 169 Å². The molecule has 0 unspecified atom stereocenters. The lowest BCUT2D eigenvalue weighted by molar-refractivity contribution is -0.143. The molecular formula is C20H19BrN2O3S. The Morgan fingerprint density at radius 2 is 2.00 bits per heavy atom. The Bertz CT molecular complexity index is 1100. The van der Waals surface area contributed by atoms with E-state index in [4.69, 9.17) is 4.74 Å². The van der Waals surface area contributed by atoms with Crippen molar-refractivity contribution in [2.45, 2.75) is 27.3 Å². The summed E-state index contributed by atoms with van der Waals surface area (Å²) in [4.78, 5) is 29.6. The first-order valence-electron chi connectivity index (χ1n) is 8.50. The molecule has 0 bridgehead atoms. The van der Waals surface area contributed by atoms with Gasteiger partial charge in [0.2, 0.25) is 0 Å². The number of carbonyl (C=O) groups excluding carboxylic acids is 2. The van der Waals surface area contributed by atoms with Crippen LogP contribution < -0.4 is 4.80 Å². The number of aromatic nitrogens is 1. The van der Waals surface area contributed by atoms with Crippen LogP contribution in [0.15, 0.2) is 45.9 Å². The second kappa shape index (κ2) is 8.19. The minimum atomic E-state index is -0.353. The van der Waals surface area contributed by atoms with Gasteiger partial charge < -0.3 is 9.30 Å². The third-order valence-electron chi connectivity index (χ3n) is 3.97. The highest BCUT2D eigenvalue weighted by Crippen LogP contribution is 2.23. The van der Waals surface area contributed by atoms with Crippen molar-refractivity contribution in [1.82, 2.24) is 4.57 Å². The highest BCUT2D eigenvalue weighted by molar-refractivity contribution is 9.10. The molecule has 2 aromatic carbocycles. The van der Waals surface area contributed by atoms with Gasteiger partial charge >= 0.3 is 5.97 Å². The van der Waals surface area contributed by atoms with Crippen LogP contribution in [0, 0.1) is 13.8 Å². The molecule has 27 heavy (non-hydrogen) atoms. The topological polar surface area (TPSA) is 60.7 Å². The molecule has 3 aromatic rings. The molecule has 3 rings (SSSR count). The number of hydrogen-bond acceptors (Lipinski definition) is 4. The van der Waals surface area contributed by atoms with Gasteiger partial charge in [-0.3, -0.25) is 9.59 Å². The molecular weight excluding hydrogens is 428 g/mol. The number of ether oxygens (including phenoxy) is 1. The second-order valence-electron chi connectivity index (χ2n) is 6.13. The minimum absolute atomic E-state index is 0.0162. The lowest BCUT2D eigenvalue weighted by atomic mass is 10.1. The number of hydrogen-bond donors (Lipinski definition) is 0. The van der Waals surface area contributed by atoms with Gasteiger partial charge in [-0.25, -0.2) is 0 Å². The van der Waals surface area contributed by atoms with Crippen molar-refractivity contribution in [1.29, 1.82) is 0 Å². The third kappa shape index (κ3) is 4.36. The summed E-state index contributed by atoms with van der Waals surface area (Å²) in [5.41, 5.74) is 3.54. The first-order valence-corrected chi connectivity index (χ1v) is 10.1. The van der Waals surface area contributed by atoms with E-state index >= 15 is 0 Å². The standard InChI is InChI=1S/C20H19BrN2O3S/c1-4-26-17(24)11-23-18-13(3)8-12(2)9-16(18)27-20(23)22-19(25)14-6-5-7-15(21)10-14/h5-10H,4,11H2,1-3H3. The summed E-state index contributed by atoms with van der Waals surface area (Å²) >= 11 is 4.76. The largest absolute Gasteiger partial charge is 0.465 e. The molecule has 7 heteroatoms. The number of aryl methyl sites for hydroxylation is 2. The van der Waals surface area contributed by atoms with Crippen LogP contribution in [0.25, 0.3) is 10.2 Å². The van der Waals surface area contributed by atoms with Crippen molar-refractivity contribution in [3.8, 4) is 0 Å². The van der Waals surface area contributed by atoms with Gasteiger partial charge in [0.15, 0.2) is 4.80 Å². The maximum Gasteiger partial charge on any atom is 0.326 e. The molecule has 1 heterocycles. The highest BCUT2D eigenvalue weighted by Gasteiger charge is 2.15.